The first-order valence-corrected chi connectivity index (χ1v) is 6.23. The number of hydrogen-bond acceptors (Lipinski definition) is 3. The van der Waals surface area contributed by atoms with Gasteiger partial charge in [0.05, 0.1) is 0 Å². The highest BCUT2D eigenvalue weighted by Crippen LogP contribution is 2.54. The molecule has 2 N–H and O–H groups in total. The Balaban J connectivity index is 1.72. The van der Waals surface area contributed by atoms with Gasteiger partial charge in [-0.05, 0) is 36.0 Å². The van der Waals surface area contributed by atoms with Crippen molar-refractivity contribution in [3.05, 3.63) is 59.5 Å². The topological polar surface area (TPSA) is 70.7 Å². The molecule has 0 spiro atoms. The highest BCUT2D eigenvalue weighted by atomic mass is 16.4. The fourth-order valence-electron chi connectivity index (χ4n) is 2.48. The molecule has 0 bridgehead atoms. The maximum Gasteiger partial charge on any atom is 0.371 e. The molecule has 1 fully saturated rings. The molecule has 1 aromatic carbocycles. The van der Waals surface area contributed by atoms with Crippen LogP contribution in [0.2, 0.25) is 0 Å². The van der Waals surface area contributed by atoms with Crippen molar-refractivity contribution in [2.24, 2.45) is 5.92 Å². The van der Waals surface area contributed by atoms with Gasteiger partial charge in [-0.1, -0.05) is 30.3 Å². The van der Waals surface area contributed by atoms with Gasteiger partial charge in [-0.25, -0.2) is 4.79 Å². The van der Waals surface area contributed by atoms with E-state index in [-0.39, 0.29) is 11.7 Å². The standard InChI is InChI=1S/C15H14O4/c16-14(12-6-7-13(19-12)15(17)18)11-8-10(11)9-4-2-1-3-5-9/h1-7,10-11,14,16H,8H2,(H,17,18). The minimum atomic E-state index is -1.12. The Bertz CT molecular complexity index is 587. The molecule has 3 rings (SSSR count). The van der Waals surface area contributed by atoms with E-state index in [4.69, 9.17) is 9.52 Å². The largest absolute Gasteiger partial charge is 0.475 e. The molecule has 1 aromatic heterocycles. The van der Waals surface area contributed by atoms with Crippen LogP contribution in [0.4, 0.5) is 0 Å². The average molecular weight is 258 g/mol. The van der Waals surface area contributed by atoms with Gasteiger partial charge in [-0.3, -0.25) is 0 Å². The zero-order valence-corrected chi connectivity index (χ0v) is 10.2. The molecule has 1 aliphatic rings. The number of carboxylic acid groups (broad SMARTS) is 1. The monoisotopic (exact) mass is 258 g/mol. The van der Waals surface area contributed by atoms with Gasteiger partial charge in [0.15, 0.2) is 0 Å². The summed E-state index contributed by atoms with van der Waals surface area (Å²) in [6.45, 7) is 0. The van der Waals surface area contributed by atoms with Gasteiger partial charge in [-0.2, -0.15) is 0 Å². The summed E-state index contributed by atoms with van der Waals surface area (Å²) in [6.07, 6.45) is 0.159. The maximum absolute atomic E-state index is 10.7. The third kappa shape index (κ3) is 2.27. The van der Waals surface area contributed by atoms with Crippen LogP contribution in [0.3, 0.4) is 0 Å². The smallest absolute Gasteiger partial charge is 0.371 e. The Morgan fingerprint density at radius 2 is 1.95 bits per heavy atom. The van der Waals surface area contributed by atoms with E-state index in [1.54, 1.807) is 0 Å². The molecule has 0 aliphatic heterocycles. The number of furan rings is 1. The molecular weight excluding hydrogens is 244 g/mol. The number of aromatic carboxylic acids is 1. The number of rotatable bonds is 4. The first-order valence-electron chi connectivity index (χ1n) is 6.23. The summed E-state index contributed by atoms with van der Waals surface area (Å²) in [7, 11) is 0. The molecule has 0 radical (unpaired) electrons. The lowest BCUT2D eigenvalue weighted by atomic mass is 10.1. The van der Waals surface area contributed by atoms with Crippen molar-refractivity contribution < 1.29 is 19.4 Å². The van der Waals surface area contributed by atoms with Crippen LogP contribution in [-0.2, 0) is 0 Å². The van der Waals surface area contributed by atoms with Gasteiger partial charge in [0, 0.05) is 0 Å². The van der Waals surface area contributed by atoms with Crippen LogP contribution < -0.4 is 0 Å². The average Bonchev–Trinajstić information content (AvgIpc) is 3.06. The molecule has 0 amide bonds. The predicted molar refractivity (Wildman–Crippen MR) is 67.9 cm³/mol. The number of aliphatic hydroxyl groups is 1. The molecule has 3 atom stereocenters. The summed E-state index contributed by atoms with van der Waals surface area (Å²) in [4.78, 5) is 10.7. The van der Waals surface area contributed by atoms with E-state index in [1.807, 2.05) is 30.3 Å². The lowest BCUT2D eigenvalue weighted by Gasteiger charge is -2.07. The second-order valence-electron chi connectivity index (χ2n) is 4.87. The molecule has 98 valence electrons. The fraction of sp³-hybridized carbons (Fsp3) is 0.267. The number of aliphatic hydroxyl groups excluding tert-OH is 1. The first-order chi connectivity index (χ1) is 9.16. The van der Waals surface area contributed by atoms with Crippen molar-refractivity contribution in [1.29, 1.82) is 0 Å². The van der Waals surface area contributed by atoms with Crippen LogP contribution >= 0.6 is 0 Å². The Morgan fingerprint density at radius 1 is 1.21 bits per heavy atom. The molecule has 1 heterocycles. The Morgan fingerprint density at radius 3 is 2.58 bits per heavy atom. The zero-order chi connectivity index (χ0) is 13.4. The van der Waals surface area contributed by atoms with E-state index in [1.165, 1.54) is 17.7 Å². The summed E-state index contributed by atoms with van der Waals surface area (Å²) in [6, 6.07) is 12.9. The molecule has 4 heteroatoms. The fourth-order valence-corrected chi connectivity index (χ4v) is 2.48. The van der Waals surface area contributed by atoms with Gasteiger partial charge in [0.2, 0.25) is 5.76 Å². The SMILES string of the molecule is O=C(O)c1ccc(C(O)C2CC2c2ccccc2)o1. The molecule has 0 saturated heterocycles. The van der Waals surface area contributed by atoms with Crippen LogP contribution in [0.1, 0.15) is 40.3 Å². The highest BCUT2D eigenvalue weighted by Gasteiger charge is 2.45. The van der Waals surface area contributed by atoms with E-state index in [0.29, 0.717) is 11.7 Å². The van der Waals surface area contributed by atoms with Gasteiger partial charge in [-0.15, -0.1) is 0 Å². The highest BCUT2D eigenvalue weighted by molar-refractivity contribution is 5.84. The molecule has 2 aromatic rings. The van der Waals surface area contributed by atoms with Crippen LogP contribution in [-0.4, -0.2) is 16.2 Å². The quantitative estimate of drug-likeness (QED) is 0.884. The second kappa shape index (κ2) is 4.55. The summed E-state index contributed by atoms with van der Waals surface area (Å²) in [5.74, 6) is -0.481. The zero-order valence-electron chi connectivity index (χ0n) is 10.2. The lowest BCUT2D eigenvalue weighted by Crippen LogP contribution is -2.00. The summed E-state index contributed by atoms with van der Waals surface area (Å²) >= 11 is 0. The Labute approximate surface area is 110 Å². The number of hydrogen-bond donors (Lipinski definition) is 2. The van der Waals surface area contributed by atoms with Crippen LogP contribution in [0.15, 0.2) is 46.9 Å². The summed E-state index contributed by atoms with van der Waals surface area (Å²) in [5.41, 5.74) is 1.21. The van der Waals surface area contributed by atoms with Gasteiger partial charge >= 0.3 is 5.97 Å². The second-order valence-corrected chi connectivity index (χ2v) is 4.87. The number of benzene rings is 1. The van der Waals surface area contributed by atoms with Gasteiger partial charge in [0.1, 0.15) is 11.9 Å². The van der Waals surface area contributed by atoms with Crippen LogP contribution in [0, 0.1) is 5.92 Å². The van der Waals surface area contributed by atoms with Crippen molar-refractivity contribution in [3.8, 4) is 0 Å². The Hall–Kier alpha value is -2.07. The van der Waals surface area contributed by atoms with E-state index >= 15 is 0 Å². The van der Waals surface area contributed by atoms with Gasteiger partial charge in [0.25, 0.3) is 0 Å². The summed E-state index contributed by atoms with van der Waals surface area (Å²) < 4.78 is 5.14. The molecule has 1 saturated carbocycles. The van der Waals surface area contributed by atoms with E-state index in [2.05, 4.69) is 0 Å². The molecule has 4 nitrogen and oxygen atoms in total. The minimum absolute atomic E-state index is 0.107. The predicted octanol–water partition coefficient (Wildman–Crippen LogP) is 2.81. The maximum atomic E-state index is 10.7. The minimum Gasteiger partial charge on any atom is -0.475 e. The van der Waals surface area contributed by atoms with Crippen molar-refractivity contribution >= 4 is 5.97 Å². The van der Waals surface area contributed by atoms with Crippen molar-refractivity contribution in [1.82, 2.24) is 0 Å². The van der Waals surface area contributed by atoms with Crippen molar-refractivity contribution in [2.45, 2.75) is 18.4 Å². The Kier molecular flexibility index (Phi) is 2.87. The van der Waals surface area contributed by atoms with Gasteiger partial charge < -0.3 is 14.6 Å². The summed E-state index contributed by atoms with van der Waals surface area (Å²) in [5, 5.41) is 19.0. The molecule has 19 heavy (non-hydrogen) atoms. The van der Waals surface area contributed by atoms with Crippen LogP contribution in [0.5, 0.6) is 0 Å². The van der Waals surface area contributed by atoms with E-state index < -0.39 is 12.1 Å². The van der Waals surface area contributed by atoms with E-state index in [9.17, 15) is 9.90 Å². The van der Waals surface area contributed by atoms with Crippen molar-refractivity contribution in [3.63, 3.8) is 0 Å². The third-order valence-corrected chi connectivity index (χ3v) is 3.60. The molecule has 3 unspecified atom stereocenters. The first kappa shape index (κ1) is 12.0. The third-order valence-electron chi connectivity index (χ3n) is 3.60. The number of carbonyl (C=O) groups is 1. The lowest BCUT2D eigenvalue weighted by molar-refractivity contribution is 0.0646. The molecule has 1 aliphatic carbocycles. The van der Waals surface area contributed by atoms with Crippen molar-refractivity contribution in [2.75, 3.05) is 0 Å². The van der Waals surface area contributed by atoms with E-state index in [0.717, 1.165) is 6.42 Å². The normalized spacial score (nSPS) is 23.0. The molecular formula is C15H14O4. The number of carboxylic acids is 1. The van der Waals surface area contributed by atoms with Crippen LogP contribution in [0.25, 0.3) is 0 Å².